The summed E-state index contributed by atoms with van der Waals surface area (Å²) in [6, 6.07) is 0. The predicted molar refractivity (Wildman–Crippen MR) is 95.1 cm³/mol. The average molecular weight is 402 g/mol. The third kappa shape index (κ3) is 3.33. The van der Waals surface area contributed by atoms with Gasteiger partial charge in [0.05, 0.1) is 19.3 Å². The van der Waals surface area contributed by atoms with E-state index in [9.17, 15) is 30.3 Å². The maximum atomic E-state index is 12.0. The summed E-state index contributed by atoms with van der Waals surface area (Å²) in [6.45, 7) is 4.89. The van der Waals surface area contributed by atoms with Crippen molar-refractivity contribution >= 4 is 5.78 Å². The van der Waals surface area contributed by atoms with Crippen LogP contribution in [0, 0.1) is 5.41 Å². The lowest BCUT2D eigenvalue weighted by atomic mass is 9.59. The van der Waals surface area contributed by atoms with Crippen LogP contribution in [0.5, 0.6) is 0 Å². The standard InChI is InChI=1S/C19H30O9/c1-10(27-16-15(24)14(23)13(22)12(8-20)28-16)4-5-19(25)17(2)6-11(21)7-18(19,3)26-9-17/h4-5,10,12-16,20,22-25H,6-9H2,1-3H3/b5-4+/t10-,12-,13-,14+,15-,16-,17-,18+,19+/m1/s1. The minimum atomic E-state index is -1.53. The lowest BCUT2D eigenvalue weighted by Crippen LogP contribution is -2.60. The fraction of sp³-hybridized carbons (Fsp3) is 0.842. The maximum Gasteiger partial charge on any atom is 0.187 e. The van der Waals surface area contributed by atoms with Crippen LogP contribution in [-0.4, -0.2) is 92.5 Å². The number of ether oxygens (including phenoxy) is 3. The molecule has 28 heavy (non-hydrogen) atoms. The van der Waals surface area contributed by atoms with Crippen LogP contribution in [0.15, 0.2) is 12.2 Å². The molecule has 3 rings (SSSR count). The molecule has 9 nitrogen and oxygen atoms in total. The largest absolute Gasteiger partial charge is 0.394 e. The van der Waals surface area contributed by atoms with E-state index in [4.69, 9.17) is 14.2 Å². The Labute approximate surface area is 163 Å². The van der Waals surface area contributed by atoms with Crippen molar-refractivity contribution in [1.29, 1.82) is 0 Å². The molecule has 2 saturated heterocycles. The number of rotatable bonds is 5. The van der Waals surface area contributed by atoms with E-state index in [0.29, 0.717) is 0 Å². The topological polar surface area (TPSA) is 146 Å². The molecule has 2 aliphatic heterocycles. The second kappa shape index (κ2) is 7.41. The van der Waals surface area contributed by atoms with E-state index >= 15 is 0 Å². The molecule has 0 aromatic rings. The molecule has 0 amide bonds. The van der Waals surface area contributed by atoms with Crippen LogP contribution in [0.25, 0.3) is 0 Å². The summed E-state index contributed by atoms with van der Waals surface area (Å²) in [5, 5.41) is 50.4. The molecule has 0 spiro atoms. The minimum absolute atomic E-state index is 0.0474. The zero-order valence-corrected chi connectivity index (χ0v) is 16.3. The lowest BCUT2D eigenvalue weighted by Gasteiger charge is -2.47. The van der Waals surface area contributed by atoms with E-state index in [1.54, 1.807) is 26.0 Å². The molecule has 1 saturated carbocycles. The number of aliphatic hydroxyl groups excluding tert-OH is 4. The van der Waals surface area contributed by atoms with Crippen molar-refractivity contribution in [1.82, 2.24) is 0 Å². The fourth-order valence-corrected chi connectivity index (χ4v) is 4.51. The van der Waals surface area contributed by atoms with Gasteiger partial charge < -0.3 is 39.7 Å². The van der Waals surface area contributed by atoms with Crippen molar-refractivity contribution in [3.05, 3.63) is 12.2 Å². The van der Waals surface area contributed by atoms with E-state index in [-0.39, 0.29) is 25.2 Å². The van der Waals surface area contributed by atoms with Crippen molar-refractivity contribution in [3.8, 4) is 0 Å². The molecule has 9 heteroatoms. The maximum absolute atomic E-state index is 12.0. The Morgan fingerprint density at radius 3 is 2.50 bits per heavy atom. The summed E-state index contributed by atoms with van der Waals surface area (Å²) in [5.41, 5.74) is -3.16. The van der Waals surface area contributed by atoms with E-state index in [1.807, 2.05) is 6.92 Å². The first-order chi connectivity index (χ1) is 13.0. The third-order valence-corrected chi connectivity index (χ3v) is 6.36. The van der Waals surface area contributed by atoms with Gasteiger partial charge in [0.1, 0.15) is 41.4 Å². The molecule has 5 N–H and O–H groups in total. The number of Topliss-reactive ketones (excluding diaryl/α,β-unsaturated/α-hetero) is 1. The van der Waals surface area contributed by atoms with Gasteiger partial charge in [-0.3, -0.25) is 4.79 Å². The van der Waals surface area contributed by atoms with Gasteiger partial charge in [0.25, 0.3) is 0 Å². The van der Waals surface area contributed by atoms with Gasteiger partial charge in [-0.25, -0.2) is 0 Å². The van der Waals surface area contributed by atoms with Gasteiger partial charge in [-0.15, -0.1) is 0 Å². The van der Waals surface area contributed by atoms with E-state index in [2.05, 4.69) is 0 Å². The Morgan fingerprint density at radius 1 is 1.21 bits per heavy atom. The second-order valence-corrected chi connectivity index (χ2v) is 8.64. The zero-order chi connectivity index (χ0) is 20.9. The molecule has 1 aliphatic carbocycles. The third-order valence-electron chi connectivity index (χ3n) is 6.36. The molecular weight excluding hydrogens is 372 g/mol. The van der Waals surface area contributed by atoms with Gasteiger partial charge in [-0.1, -0.05) is 19.1 Å². The monoisotopic (exact) mass is 402 g/mol. The molecule has 0 aromatic carbocycles. The van der Waals surface area contributed by atoms with Crippen LogP contribution in [0.4, 0.5) is 0 Å². The smallest absolute Gasteiger partial charge is 0.187 e. The molecule has 2 heterocycles. The Bertz CT molecular complexity index is 613. The van der Waals surface area contributed by atoms with Crippen molar-refractivity contribution in [2.24, 2.45) is 5.41 Å². The fourth-order valence-electron chi connectivity index (χ4n) is 4.51. The summed E-state index contributed by atoms with van der Waals surface area (Å²) in [4.78, 5) is 12.0. The summed E-state index contributed by atoms with van der Waals surface area (Å²) in [6.07, 6.45) is -3.97. The van der Waals surface area contributed by atoms with E-state index < -0.39 is 60.0 Å². The van der Waals surface area contributed by atoms with Gasteiger partial charge in [-0.2, -0.15) is 0 Å². The number of ketones is 1. The molecule has 0 radical (unpaired) electrons. The molecule has 3 fully saturated rings. The van der Waals surface area contributed by atoms with E-state index in [0.717, 1.165) is 0 Å². The number of hydrogen-bond donors (Lipinski definition) is 5. The Morgan fingerprint density at radius 2 is 1.89 bits per heavy atom. The van der Waals surface area contributed by atoms with Crippen LogP contribution in [0.1, 0.15) is 33.6 Å². The first kappa shape index (κ1) is 21.8. The Balaban J connectivity index is 1.72. The van der Waals surface area contributed by atoms with Crippen LogP contribution in [0.3, 0.4) is 0 Å². The van der Waals surface area contributed by atoms with Crippen molar-refractivity contribution in [3.63, 3.8) is 0 Å². The summed E-state index contributed by atoms with van der Waals surface area (Å²) < 4.78 is 16.7. The number of hydrogen-bond acceptors (Lipinski definition) is 9. The van der Waals surface area contributed by atoms with Gasteiger partial charge >= 0.3 is 0 Å². The molecule has 160 valence electrons. The van der Waals surface area contributed by atoms with Crippen molar-refractivity contribution < 1.29 is 44.5 Å². The zero-order valence-electron chi connectivity index (χ0n) is 16.3. The predicted octanol–water partition coefficient (Wildman–Crippen LogP) is -1.36. The molecule has 2 bridgehead atoms. The number of aliphatic hydroxyl groups is 5. The van der Waals surface area contributed by atoms with Crippen LogP contribution < -0.4 is 0 Å². The normalized spacial score (nSPS) is 50.3. The summed E-state index contributed by atoms with van der Waals surface area (Å²) in [7, 11) is 0. The highest BCUT2D eigenvalue weighted by Gasteiger charge is 2.67. The highest BCUT2D eigenvalue weighted by atomic mass is 16.7. The highest BCUT2D eigenvalue weighted by molar-refractivity contribution is 5.83. The second-order valence-electron chi connectivity index (χ2n) is 8.64. The summed E-state index contributed by atoms with van der Waals surface area (Å²) >= 11 is 0. The minimum Gasteiger partial charge on any atom is -0.394 e. The Kier molecular flexibility index (Phi) is 5.76. The first-order valence-corrected chi connectivity index (χ1v) is 9.50. The molecule has 3 aliphatic rings. The molecule has 0 aromatic heterocycles. The highest BCUT2D eigenvalue weighted by Crippen LogP contribution is 2.56. The van der Waals surface area contributed by atoms with Gasteiger partial charge in [0.15, 0.2) is 6.29 Å². The van der Waals surface area contributed by atoms with Crippen LogP contribution in [0.2, 0.25) is 0 Å². The SMILES string of the molecule is C[C@H](/C=C/[C@]1(O)[C@@]2(C)CO[C@@]1(C)CC(=O)C2)O[C@@H]1O[C@H](CO)[C@@H](O)[C@H](O)[C@H]1O. The Hall–Kier alpha value is -0.910. The number of carbonyl (C=O) groups is 1. The number of fused-ring (bicyclic) bond motifs is 2. The van der Waals surface area contributed by atoms with Gasteiger partial charge in [0, 0.05) is 18.3 Å². The van der Waals surface area contributed by atoms with Crippen molar-refractivity contribution in [2.45, 2.75) is 81.6 Å². The molecule has 9 atom stereocenters. The first-order valence-electron chi connectivity index (χ1n) is 9.50. The van der Waals surface area contributed by atoms with E-state index in [1.165, 1.54) is 0 Å². The van der Waals surface area contributed by atoms with Crippen LogP contribution in [-0.2, 0) is 19.0 Å². The number of carbonyl (C=O) groups excluding carboxylic acids is 1. The average Bonchev–Trinajstić information content (AvgIpc) is 2.73. The molecule has 0 unspecified atom stereocenters. The van der Waals surface area contributed by atoms with Crippen LogP contribution >= 0.6 is 0 Å². The quantitative estimate of drug-likeness (QED) is 0.352. The lowest BCUT2D eigenvalue weighted by molar-refractivity contribution is -0.306. The molecular formula is C19H30O9. The van der Waals surface area contributed by atoms with Crippen molar-refractivity contribution in [2.75, 3.05) is 13.2 Å². The van der Waals surface area contributed by atoms with Gasteiger partial charge in [-0.05, 0) is 13.8 Å². The summed E-state index contributed by atoms with van der Waals surface area (Å²) in [5.74, 6) is 0.0474. The van der Waals surface area contributed by atoms with Gasteiger partial charge in [0.2, 0.25) is 0 Å².